The minimum Gasteiger partial charge on any atom is -0.354 e. The Balaban J connectivity index is 1.86. The Hall–Kier alpha value is -2.22. The fourth-order valence-electron chi connectivity index (χ4n) is 3.44. The summed E-state index contributed by atoms with van der Waals surface area (Å²) in [7, 11) is 0. The van der Waals surface area contributed by atoms with E-state index >= 15 is 0 Å². The maximum Gasteiger partial charge on any atom is 0.330 e. The monoisotopic (exact) mass is 333 g/mol. The van der Waals surface area contributed by atoms with E-state index in [1.54, 1.807) is 0 Å². The van der Waals surface area contributed by atoms with Gasteiger partial charge in [-0.25, -0.2) is 14.2 Å². The van der Waals surface area contributed by atoms with Crippen molar-refractivity contribution < 1.29 is 4.39 Å². The molecule has 0 aromatic carbocycles. The SMILES string of the molecule is C[C@H](N)[C@@H]1CCN(c2nc3c(cc2F)c(=O)[nH]c(=O)n3C2CC2)C1. The van der Waals surface area contributed by atoms with Crippen molar-refractivity contribution in [3.05, 3.63) is 32.7 Å². The van der Waals surface area contributed by atoms with Crippen molar-refractivity contribution in [1.82, 2.24) is 14.5 Å². The van der Waals surface area contributed by atoms with Crippen molar-refractivity contribution >= 4 is 16.9 Å². The lowest BCUT2D eigenvalue weighted by atomic mass is 10.0. The summed E-state index contributed by atoms with van der Waals surface area (Å²) in [6.45, 7) is 3.24. The van der Waals surface area contributed by atoms with Crippen LogP contribution in [0.5, 0.6) is 0 Å². The number of anilines is 1. The molecular weight excluding hydrogens is 313 g/mol. The smallest absolute Gasteiger partial charge is 0.330 e. The van der Waals surface area contributed by atoms with Crippen LogP contribution in [0.3, 0.4) is 0 Å². The molecule has 1 saturated carbocycles. The van der Waals surface area contributed by atoms with Crippen LogP contribution in [-0.2, 0) is 0 Å². The first-order valence-electron chi connectivity index (χ1n) is 8.31. The number of nitrogens with one attached hydrogen (secondary N) is 1. The predicted molar refractivity (Wildman–Crippen MR) is 88.8 cm³/mol. The Morgan fingerprint density at radius 1 is 1.38 bits per heavy atom. The maximum atomic E-state index is 14.6. The largest absolute Gasteiger partial charge is 0.354 e. The van der Waals surface area contributed by atoms with Crippen molar-refractivity contribution in [2.24, 2.45) is 11.7 Å². The number of pyridine rings is 1. The van der Waals surface area contributed by atoms with E-state index in [2.05, 4.69) is 9.97 Å². The number of aromatic amines is 1. The molecule has 0 spiro atoms. The summed E-state index contributed by atoms with van der Waals surface area (Å²) in [5.41, 5.74) is 5.14. The molecule has 0 radical (unpaired) electrons. The second-order valence-corrected chi connectivity index (χ2v) is 6.88. The molecule has 3 N–H and O–H groups in total. The van der Waals surface area contributed by atoms with E-state index in [1.165, 1.54) is 10.6 Å². The van der Waals surface area contributed by atoms with Gasteiger partial charge in [-0.1, -0.05) is 0 Å². The van der Waals surface area contributed by atoms with Crippen molar-refractivity contribution in [3.63, 3.8) is 0 Å². The lowest BCUT2D eigenvalue weighted by Crippen LogP contribution is -2.32. The predicted octanol–water partition coefficient (Wildman–Crippen LogP) is 0.732. The van der Waals surface area contributed by atoms with E-state index < -0.39 is 17.1 Å². The van der Waals surface area contributed by atoms with Crippen molar-refractivity contribution in [2.45, 2.75) is 38.3 Å². The summed E-state index contributed by atoms with van der Waals surface area (Å²) in [5, 5.41) is 0.116. The first kappa shape index (κ1) is 15.3. The van der Waals surface area contributed by atoms with Crippen LogP contribution in [0, 0.1) is 11.7 Å². The minimum absolute atomic E-state index is 0.0333. The summed E-state index contributed by atoms with van der Waals surface area (Å²) < 4.78 is 16.0. The van der Waals surface area contributed by atoms with Gasteiger partial charge in [-0.3, -0.25) is 14.3 Å². The summed E-state index contributed by atoms with van der Waals surface area (Å²) >= 11 is 0. The number of nitrogens with two attached hydrogens (primary N) is 1. The third kappa shape index (κ3) is 2.41. The topological polar surface area (TPSA) is 97.0 Å². The van der Waals surface area contributed by atoms with Gasteiger partial charge < -0.3 is 10.6 Å². The molecule has 2 aliphatic rings. The molecule has 1 aliphatic heterocycles. The Kier molecular flexibility index (Phi) is 3.45. The molecule has 0 bridgehead atoms. The second kappa shape index (κ2) is 5.41. The standard InChI is InChI=1S/C16H20FN5O2/c1-8(18)9-4-5-21(7-9)14-12(17)6-11-13(19-14)22(10-2-3-10)16(24)20-15(11)23/h6,8-10H,2-5,7,18H2,1H3,(H,20,23,24)/t8-,9+/m0/s1. The minimum atomic E-state index is -0.597. The highest BCUT2D eigenvalue weighted by molar-refractivity contribution is 5.76. The van der Waals surface area contributed by atoms with E-state index in [-0.39, 0.29) is 34.9 Å². The fourth-order valence-corrected chi connectivity index (χ4v) is 3.44. The summed E-state index contributed by atoms with van der Waals surface area (Å²) in [5.74, 6) is -0.0592. The molecule has 2 atom stereocenters. The zero-order valence-electron chi connectivity index (χ0n) is 13.5. The van der Waals surface area contributed by atoms with Crippen LogP contribution in [0.4, 0.5) is 10.2 Å². The van der Waals surface area contributed by atoms with Crippen molar-refractivity contribution in [3.8, 4) is 0 Å². The lowest BCUT2D eigenvalue weighted by molar-refractivity contribution is 0.487. The Morgan fingerprint density at radius 2 is 2.12 bits per heavy atom. The van der Waals surface area contributed by atoms with Crippen LogP contribution in [0.1, 0.15) is 32.2 Å². The third-order valence-corrected chi connectivity index (χ3v) is 5.03. The zero-order chi connectivity index (χ0) is 17.0. The number of halogens is 1. The normalized spacial score (nSPS) is 22.3. The molecule has 0 amide bonds. The Bertz CT molecular complexity index is 915. The summed E-state index contributed by atoms with van der Waals surface area (Å²) in [4.78, 5) is 32.6. The van der Waals surface area contributed by atoms with Crippen molar-refractivity contribution in [1.29, 1.82) is 0 Å². The number of aromatic nitrogens is 3. The molecular formula is C16H20FN5O2. The molecule has 2 fully saturated rings. The highest BCUT2D eigenvalue weighted by Gasteiger charge is 2.31. The number of H-pyrrole nitrogens is 1. The highest BCUT2D eigenvalue weighted by Crippen LogP contribution is 2.35. The molecule has 3 heterocycles. The molecule has 0 unspecified atom stereocenters. The van der Waals surface area contributed by atoms with Gasteiger partial charge in [-0.05, 0) is 38.2 Å². The number of rotatable bonds is 3. The second-order valence-electron chi connectivity index (χ2n) is 6.88. The molecule has 24 heavy (non-hydrogen) atoms. The average Bonchev–Trinajstić information content (AvgIpc) is 3.22. The lowest BCUT2D eigenvalue weighted by Gasteiger charge is -2.20. The van der Waals surface area contributed by atoms with E-state index in [9.17, 15) is 14.0 Å². The Morgan fingerprint density at radius 3 is 2.75 bits per heavy atom. The van der Waals surface area contributed by atoms with E-state index in [0.29, 0.717) is 13.1 Å². The molecule has 2 aromatic heterocycles. The quantitative estimate of drug-likeness (QED) is 0.863. The van der Waals surface area contributed by atoms with Crippen LogP contribution in [-0.4, -0.2) is 33.7 Å². The molecule has 4 rings (SSSR count). The van der Waals surface area contributed by atoms with Crippen LogP contribution in [0.2, 0.25) is 0 Å². The van der Waals surface area contributed by atoms with Gasteiger partial charge in [-0.15, -0.1) is 0 Å². The molecule has 2 aromatic rings. The van der Waals surface area contributed by atoms with E-state index in [1.807, 2.05) is 11.8 Å². The van der Waals surface area contributed by atoms with E-state index in [4.69, 9.17) is 5.73 Å². The van der Waals surface area contributed by atoms with E-state index in [0.717, 1.165) is 19.3 Å². The van der Waals surface area contributed by atoms with Gasteiger partial charge in [0, 0.05) is 25.2 Å². The first-order chi connectivity index (χ1) is 11.5. The Labute approximate surface area is 137 Å². The molecule has 8 heteroatoms. The van der Waals surface area contributed by atoms with Crippen LogP contribution in [0.25, 0.3) is 11.0 Å². The number of nitrogens with zero attached hydrogens (tertiary/aromatic N) is 3. The van der Waals surface area contributed by atoms with Gasteiger partial charge in [0.05, 0.1) is 5.39 Å². The summed E-state index contributed by atoms with van der Waals surface area (Å²) in [6.07, 6.45) is 2.61. The zero-order valence-corrected chi connectivity index (χ0v) is 13.5. The third-order valence-electron chi connectivity index (χ3n) is 5.03. The first-order valence-corrected chi connectivity index (χ1v) is 8.31. The summed E-state index contributed by atoms with van der Waals surface area (Å²) in [6, 6.07) is 1.26. The van der Waals surface area contributed by atoms with Gasteiger partial charge in [0.25, 0.3) is 5.56 Å². The fraction of sp³-hybridized carbons (Fsp3) is 0.562. The number of hydrogen-bond donors (Lipinski definition) is 2. The number of hydrogen-bond acceptors (Lipinski definition) is 5. The van der Waals surface area contributed by atoms with Gasteiger partial charge in [0.1, 0.15) is 0 Å². The molecule has 1 saturated heterocycles. The average molecular weight is 333 g/mol. The number of fused-ring (bicyclic) bond motifs is 1. The van der Waals surface area contributed by atoms with Gasteiger partial charge in [0.2, 0.25) is 0 Å². The van der Waals surface area contributed by atoms with Crippen molar-refractivity contribution in [2.75, 3.05) is 18.0 Å². The molecule has 7 nitrogen and oxygen atoms in total. The van der Waals surface area contributed by atoms with Gasteiger partial charge >= 0.3 is 5.69 Å². The van der Waals surface area contributed by atoms with Gasteiger partial charge in [-0.2, -0.15) is 0 Å². The molecule has 1 aliphatic carbocycles. The van der Waals surface area contributed by atoms with Crippen LogP contribution >= 0.6 is 0 Å². The maximum absolute atomic E-state index is 14.6. The van der Waals surface area contributed by atoms with Gasteiger partial charge in [0.15, 0.2) is 17.3 Å². The van der Waals surface area contributed by atoms with Crippen LogP contribution < -0.4 is 21.9 Å². The van der Waals surface area contributed by atoms with Crippen LogP contribution in [0.15, 0.2) is 15.7 Å². The molecule has 128 valence electrons. The highest BCUT2D eigenvalue weighted by atomic mass is 19.1.